The molecule has 1 amide bonds. The Morgan fingerprint density at radius 2 is 2.08 bits per heavy atom. The maximum absolute atomic E-state index is 12.4. The van der Waals surface area contributed by atoms with Crippen molar-refractivity contribution >= 4 is 16.9 Å². The summed E-state index contributed by atoms with van der Waals surface area (Å²) in [6.45, 7) is 3.85. The van der Waals surface area contributed by atoms with E-state index in [-0.39, 0.29) is 24.1 Å². The van der Waals surface area contributed by atoms with Crippen molar-refractivity contribution in [2.75, 3.05) is 0 Å². The Bertz CT molecular complexity index is 957. The van der Waals surface area contributed by atoms with Gasteiger partial charge in [0.15, 0.2) is 5.65 Å². The highest BCUT2D eigenvalue weighted by atomic mass is 16.2. The number of amides is 1. The molecule has 24 heavy (non-hydrogen) atoms. The summed E-state index contributed by atoms with van der Waals surface area (Å²) in [7, 11) is 1.72. The minimum Gasteiger partial charge on any atom is -0.348 e. The van der Waals surface area contributed by atoms with E-state index in [4.69, 9.17) is 0 Å². The van der Waals surface area contributed by atoms with E-state index in [1.807, 2.05) is 38.1 Å². The average molecular weight is 325 g/mol. The van der Waals surface area contributed by atoms with Crippen LogP contribution < -0.4 is 10.9 Å². The molecule has 2 heterocycles. The van der Waals surface area contributed by atoms with Gasteiger partial charge < -0.3 is 5.32 Å². The lowest BCUT2D eigenvalue weighted by Gasteiger charge is -2.17. The number of carbonyl (C=O) groups excluding carboxylic acids is 1. The van der Waals surface area contributed by atoms with Crippen LogP contribution in [0.4, 0.5) is 0 Å². The summed E-state index contributed by atoms with van der Waals surface area (Å²) in [5.41, 5.74) is 2.40. The highest BCUT2D eigenvalue weighted by Gasteiger charge is 2.14. The summed E-state index contributed by atoms with van der Waals surface area (Å²) in [5.74, 6) is -0.238. The third-order valence-corrected chi connectivity index (χ3v) is 4.06. The lowest BCUT2D eigenvalue weighted by molar-refractivity contribution is -0.122. The van der Waals surface area contributed by atoms with Gasteiger partial charge in [-0.2, -0.15) is 5.10 Å². The number of hydrogen-bond acceptors (Lipinski definition) is 4. The number of aryl methyl sites for hydroxylation is 2. The van der Waals surface area contributed by atoms with E-state index in [9.17, 15) is 9.59 Å². The second-order valence-corrected chi connectivity index (χ2v) is 5.83. The van der Waals surface area contributed by atoms with Crippen LogP contribution >= 0.6 is 0 Å². The molecule has 0 aliphatic carbocycles. The first-order valence-corrected chi connectivity index (χ1v) is 7.69. The predicted molar refractivity (Wildman–Crippen MR) is 90.5 cm³/mol. The third kappa shape index (κ3) is 2.92. The molecule has 3 rings (SSSR count). The molecule has 0 bridgehead atoms. The van der Waals surface area contributed by atoms with Crippen LogP contribution in [0.5, 0.6) is 0 Å². The SMILES string of the molecule is Cc1ccccc1C(C)NC(=O)Cn1cnc2c(cnn2C)c1=O. The zero-order chi connectivity index (χ0) is 17.3. The van der Waals surface area contributed by atoms with E-state index in [1.165, 1.54) is 21.8 Å². The van der Waals surface area contributed by atoms with Gasteiger partial charge in [0.25, 0.3) is 5.56 Å². The fourth-order valence-corrected chi connectivity index (χ4v) is 2.77. The van der Waals surface area contributed by atoms with Crippen LogP contribution in [0.15, 0.2) is 41.6 Å². The Balaban J connectivity index is 1.77. The number of aromatic nitrogens is 4. The van der Waals surface area contributed by atoms with Crippen molar-refractivity contribution in [3.05, 3.63) is 58.3 Å². The van der Waals surface area contributed by atoms with Crippen molar-refractivity contribution in [3.8, 4) is 0 Å². The molecule has 0 aliphatic rings. The largest absolute Gasteiger partial charge is 0.348 e. The van der Waals surface area contributed by atoms with E-state index in [2.05, 4.69) is 15.4 Å². The molecule has 0 aliphatic heterocycles. The van der Waals surface area contributed by atoms with E-state index in [0.717, 1.165) is 11.1 Å². The van der Waals surface area contributed by atoms with Gasteiger partial charge in [0.1, 0.15) is 18.3 Å². The molecule has 124 valence electrons. The number of fused-ring (bicyclic) bond motifs is 1. The van der Waals surface area contributed by atoms with Crippen LogP contribution in [0.3, 0.4) is 0 Å². The minimum absolute atomic E-state index is 0.0765. The van der Waals surface area contributed by atoms with Gasteiger partial charge in [-0.25, -0.2) is 4.98 Å². The molecule has 0 fully saturated rings. The van der Waals surface area contributed by atoms with Gasteiger partial charge in [0.05, 0.1) is 12.2 Å². The number of hydrogen-bond donors (Lipinski definition) is 1. The molecule has 0 spiro atoms. The lowest BCUT2D eigenvalue weighted by Crippen LogP contribution is -2.34. The van der Waals surface area contributed by atoms with Gasteiger partial charge in [0, 0.05) is 7.05 Å². The number of nitrogens with zero attached hydrogens (tertiary/aromatic N) is 4. The Labute approximate surface area is 138 Å². The first-order valence-electron chi connectivity index (χ1n) is 7.69. The Kier molecular flexibility index (Phi) is 4.16. The summed E-state index contributed by atoms with van der Waals surface area (Å²) in [6, 6.07) is 7.75. The molecule has 0 saturated heterocycles. The quantitative estimate of drug-likeness (QED) is 0.784. The van der Waals surface area contributed by atoms with Gasteiger partial charge in [-0.15, -0.1) is 0 Å². The molecular formula is C17H19N5O2. The van der Waals surface area contributed by atoms with Crippen molar-refractivity contribution in [2.45, 2.75) is 26.4 Å². The standard InChI is InChI=1S/C17H19N5O2/c1-11-6-4-5-7-13(11)12(2)20-15(23)9-22-10-18-16-14(17(22)24)8-19-21(16)3/h4-8,10,12H,9H2,1-3H3,(H,20,23). The van der Waals surface area contributed by atoms with E-state index in [1.54, 1.807) is 7.05 Å². The summed E-state index contributed by atoms with van der Waals surface area (Å²) in [4.78, 5) is 28.8. The Hall–Kier alpha value is -2.96. The van der Waals surface area contributed by atoms with Crippen molar-refractivity contribution < 1.29 is 4.79 Å². The zero-order valence-electron chi connectivity index (χ0n) is 13.9. The molecule has 0 radical (unpaired) electrons. The van der Waals surface area contributed by atoms with E-state index < -0.39 is 0 Å². The zero-order valence-corrected chi connectivity index (χ0v) is 13.9. The molecule has 7 heteroatoms. The summed E-state index contributed by atoms with van der Waals surface area (Å²) in [5, 5.41) is 7.34. The molecule has 1 N–H and O–H groups in total. The molecule has 1 unspecified atom stereocenters. The predicted octanol–water partition coefficient (Wildman–Crippen LogP) is 1.32. The molecule has 3 aromatic rings. The molecule has 2 aromatic heterocycles. The van der Waals surface area contributed by atoms with Crippen molar-refractivity contribution in [2.24, 2.45) is 7.05 Å². The van der Waals surface area contributed by atoms with E-state index in [0.29, 0.717) is 11.0 Å². The molecule has 1 atom stereocenters. The first-order chi connectivity index (χ1) is 11.5. The minimum atomic E-state index is -0.271. The van der Waals surface area contributed by atoms with Crippen molar-refractivity contribution in [3.63, 3.8) is 0 Å². The summed E-state index contributed by atoms with van der Waals surface area (Å²) in [6.07, 6.45) is 2.85. The summed E-state index contributed by atoms with van der Waals surface area (Å²) >= 11 is 0. The van der Waals surface area contributed by atoms with Gasteiger partial charge >= 0.3 is 0 Å². The Morgan fingerprint density at radius 1 is 1.33 bits per heavy atom. The molecule has 7 nitrogen and oxygen atoms in total. The number of benzene rings is 1. The van der Waals surface area contributed by atoms with Gasteiger partial charge in [-0.05, 0) is 25.0 Å². The monoisotopic (exact) mass is 325 g/mol. The third-order valence-electron chi connectivity index (χ3n) is 4.06. The highest BCUT2D eigenvalue weighted by Crippen LogP contribution is 2.16. The van der Waals surface area contributed by atoms with Crippen LogP contribution in [0.2, 0.25) is 0 Å². The number of carbonyl (C=O) groups is 1. The second-order valence-electron chi connectivity index (χ2n) is 5.83. The molecule has 1 aromatic carbocycles. The van der Waals surface area contributed by atoms with E-state index >= 15 is 0 Å². The first kappa shape index (κ1) is 15.9. The smallest absolute Gasteiger partial charge is 0.264 e. The van der Waals surface area contributed by atoms with Crippen LogP contribution in [-0.4, -0.2) is 25.2 Å². The molecule has 0 saturated carbocycles. The van der Waals surface area contributed by atoms with Gasteiger partial charge in [-0.3, -0.25) is 18.8 Å². The average Bonchev–Trinajstić information content (AvgIpc) is 2.92. The van der Waals surface area contributed by atoms with Crippen LogP contribution in [-0.2, 0) is 18.4 Å². The summed E-state index contributed by atoms with van der Waals surface area (Å²) < 4.78 is 2.82. The fourth-order valence-electron chi connectivity index (χ4n) is 2.77. The Morgan fingerprint density at radius 3 is 2.83 bits per heavy atom. The van der Waals surface area contributed by atoms with Gasteiger partial charge in [0.2, 0.25) is 5.91 Å². The van der Waals surface area contributed by atoms with Crippen LogP contribution in [0, 0.1) is 6.92 Å². The fraction of sp³-hybridized carbons (Fsp3) is 0.294. The topological polar surface area (TPSA) is 81.8 Å². The second kappa shape index (κ2) is 6.27. The van der Waals surface area contributed by atoms with Crippen LogP contribution in [0.25, 0.3) is 11.0 Å². The van der Waals surface area contributed by atoms with Gasteiger partial charge in [-0.1, -0.05) is 24.3 Å². The highest BCUT2D eigenvalue weighted by molar-refractivity contribution is 5.77. The van der Waals surface area contributed by atoms with Crippen molar-refractivity contribution in [1.82, 2.24) is 24.6 Å². The maximum Gasteiger partial charge on any atom is 0.264 e. The number of nitrogens with one attached hydrogen (secondary N) is 1. The molecular weight excluding hydrogens is 306 g/mol. The van der Waals surface area contributed by atoms with Crippen LogP contribution in [0.1, 0.15) is 24.1 Å². The normalized spacial score (nSPS) is 12.3. The maximum atomic E-state index is 12.4. The number of rotatable bonds is 4. The lowest BCUT2D eigenvalue weighted by atomic mass is 10.0. The van der Waals surface area contributed by atoms with Crippen molar-refractivity contribution in [1.29, 1.82) is 0 Å².